The minimum atomic E-state index is -0.167. The van der Waals surface area contributed by atoms with E-state index in [1.807, 2.05) is 0 Å². The molecule has 0 aromatic carbocycles. The fourth-order valence-corrected chi connectivity index (χ4v) is 0.760. The average molecular weight is 402 g/mol. The molecule has 11 N–H and O–H groups in total. The molecule has 0 atom stereocenters. The van der Waals surface area contributed by atoms with Crippen molar-refractivity contribution in [1.82, 2.24) is 16.0 Å². The van der Waals surface area contributed by atoms with Crippen LogP contribution in [0.4, 0.5) is 0 Å². The summed E-state index contributed by atoms with van der Waals surface area (Å²) in [6.45, 7) is 17.5. The van der Waals surface area contributed by atoms with Gasteiger partial charge in [-0.3, -0.25) is 0 Å². The summed E-state index contributed by atoms with van der Waals surface area (Å²) in [5, 5.41) is 25.1. The summed E-state index contributed by atoms with van der Waals surface area (Å²) in [6.07, 6.45) is -0.167. The summed E-state index contributed by atoms with van der Waals surface area (Å²) >= 11 is 0.750. The van der Waals surface area contributed by atoms with Gasteiger partial charge >= 0.3 is 23.7 Å². The van der Waals surface area contributed by atoms with Crippen LogP contribution in [0.5, 0.6) is 0 Å². The molecule has 0 unspecified atom stereocenters. The number of aliphatic hydroxyl groups excluding tert-OH is 2. The normalized spacial score (nSPS) is 8.64. The molecule has 0 radical (unpaired) electrons. The first-order chi connectivity index (χ1) is 12.0. The maximum atomic E-state index is 8.25. The van der Waals surface area contributed by atoms with Crippen LogP contribution in [0.2, 0.25) is 0 Å². The molecule has 0 aromatic rings. The molecule has 0 rings (SSSR count). The molecule has 10 heteroatoms. The molecule has 25 heavy (non-hydrogen) atoms. The molecule has 0 aliphatic heterocycles. The Bertz CT molecular complexity index is 151. The van der Waals surface area contributed by atoms with Gasteiger partial charge in [0.2, 0.25) is 0 Å². The zero-order chi connectivity index (χ0) is 20.8. The molecule has 0 amide bonds. The summed E-state index contributed by atoms with van der Waals surface area (Å²) in [4.78, 5) is 0. The Morgan fingerprint density at radius 1 is 0.840 bits per heavy atom. The van der Waals surface area contributed by atoms with Gasteiger partial charge in [-0.25, -0.2) is 0 Å². The second-order valence-corrected chi connectivity index (χ2v) is 4.43. The van der Waals surface area contributed by atoms with Gasteiger partial charge in [0.15, 0.2) is 0 Å². The summed E-state index contributed by atoms with van der Waals surface area (Å²) in [6, 6.07) is 0. The van der Waals surface area contributed by atoms with Crippen molar-refractivity contribution >= 4 is 0 Å². The van der Waals surface area contributed by atoms with E-state index >= 15 is 0 Å². The van der Waals surface area contributed by atoms with Crippen molar-refractivity contribution in [3.63, 3.8) is 0 Å². The monoisotopic (exact) mass is 402 g/mol. The van der Waals surface area contributed by atoms with Crippen molar-refractivity contribution in [1.29, 1.82) is 0 Å². The number of nitrogens with one attached hydrogen (secondary N) is 3. The van der Waals surface area contributed by atoms with Gasteiger partial charge < -0.3 is 57.2 Å². The molecule has 0 fully saturated rings. The maximum absolute atomic E-state index is 8.25. The van der Waals surface area contributed by atoms with E-state index in [4.69, 9.17) is 30.7 Å². The molecular weight excluding hydrogens is 360 g/mol. The topological polar surface area (TPSA) is 172 Å². The fourth-order valence-electron chi connectivity index (χ4n) is 0.760. The van der Waals surface area contributed by atoms with E-state index in [2.05, 4.69) is 29.8 Å². The Morgan fingerprint density at radius 2 is 1.12 bits per heavy atom. The molecular formula is C15H42N6O3Ti. The zero-order valence-electron chi connectivity index (χ0n) is 16.1. The summed E-state index contributed by atoms with van der Waals surface area (Å²) in [5.41, 5.74) is 15.4. The predicted octanol–water partition coefficient (Wildman–Crippen LogP) is -2.47. The third-order valence-corrected chi connectivity index (χ3v) is 1.61. The number of aliphatic hydroxyl groups is 2. The summed E-state index contributed by atoms with van der Waals surface area (Å²) in [7, 11) is 0. The number of nitrogens with two attached hydrogens (primary N) is 3. The van der Waals surface area contributed by atoms with E-state index < -0.39 is 0 Å². The van der Waals surface area contributed by atoms with E-state index in [1.165, 1.54) is 0 Å². The van der Waals surface area contributed by atoms with E-state index in [0.29, 0.717) is 26.2 Å². The first-order valence-corrected chi connectivity index (χ1v) is 8.92. The van der Waals surface area contributed by atoms with Crippen molar-refractivity contribution in [2.75, 3.05) is 65.5 Å². The molecule has 154 valence electrons. The Kier molecular flexibility index (Phi) is 71.8. The SMILES string of the molecule is CC(C)O.NCCNCCO.[CH2-]CNCCN.[CH2-]CNCCN.[O]=[Ti+2]. The van der Waals surface area contributed by atoms with Gasteiger partial charge in [-0.05, 0) is 13.8 Å². The van der Waals surface area contributed by atoms with E-state index in [1.54, 1.807) is 13.8 Å². The van der Waals surface area contributed by atoms with Crippen LogP contribution in [-0.2, 0) is 23.7 Å². The van der Waals surface area contributed by atoms with Crippen molar-refractivity contribution < 1.29 is 33.9 Å². The second kappa shape index (κ2) is 49.6. The van der Waals surface area contributed by atoms with Crippen LogP contribution in [0.25, 0.3) is 0 Å². The van der Waals surface area contributed by atoms with E-state index in [9.17, 15) is 0 Å². The van der Waals surface area contributed by atoms with Crippen LogP contribution in [0.1, 0.15) is 13.8 Å². The van der Waals surface area contributed by atoms with Crippen molar-refractivity contribution in [3.05, 3.63) is 13.8 Å². The third-order valence-electron chi connectivity index (χ3n) is 1.61. The van der Waals surface area contributed by atoms with Crippen LogP contribution in [-0.4, -0.2) is 81.8 Å². The van der Waals surface area contributed by atoms with Gasteiger partial charge in [0.05, 0.1) is 6.61 Å². The molecule has 0 heterocycles. The van der Waals surface area contributed by atoms with Crippen LogP contribution in [0.3, 0.4) is 0 Å². The Morgan fingerprint density at radius 3 is 1.28 bits per heavy atom. The van der Waals surface area contributed by atoms with Gasteiger partial charge in [-0.1, -0.05) is 0 Å². The van der Waals surface area contributed by atoms with Crippen LogP contribution >= 0.6 is 0 Å². The van der Waals surface area contributed by atoms with Crippen molar-refractivity contribution in [3.8, 4) is 0 Å². The molecule has 0 saturated heterocycles. The second-order valence-electron chi connectivity index (χ2n) is 4.43. The van der Waals surface area contributed by atoms with Crippen LogP contribution in [0.15, 0.2) is 0 Å². The van der Waals surface area contributed by atoms with Gasteiger partial charge in [-0.15, -0.1) is 13.1 Å². The average Bonchev–Trinajstić information content (AvgIpc) is 2.61. The Hall–Kier alpha value is 0.194. The Balaban J connectivity index is -0.0000000697. The molecule has 0 bridgehead atoms. The predicted molar refractivity (Wildman–Crippen MR) is 102 cm³/mol. The van der Waals surface area contributed by atoms with Crippen LogP contribution in [0, 0.1) is 13.8 Å². The molecule has 9 nitrogen and oxygen atoms in total. The first-order valence-electron chi connectivity index (χ1n) is 8.28. The minimum absolute atomic E-state index is 0.167. The van der Waals surface area contributed by atoms with Crippen LogP contribution < -0.4 is 33.2 Å². The third kappa shape index (κ3) is 115. The molecule has 0 saturated carbocycles. The van der Waals surface area contributed by atoms with Gasteiger partial charge in [0, 0.05) is 51.9 Å². The van der Waals surface area contributed by atoms with Crippen molar-refractivity contribution in [2.45, 2.75) is 20.0 Å². The Labute approximate surface area is 166 Å². The number of hydrogen-bond acceptors (Lipinski definition) is 9. The summed E-state index contributed by atoms with van der Waals surface area (Å²) in [5.74, 6) is 0. The van der Waals surface area contributed by atoms with E-state index in [0.717, 1.165) is 53.1 Å². The van der Waals surface area contributed by atoms with Gasteiger partial charge in [0.25, 0.3) is 0 Å². The van der Waals surface area contributed by atoms with Gasteiger partial charge in [-0.2, -0.15) is 0 Å². The fraction of sp³-hybridized carbons (Fsp3) is 0.867. The molecule has 0 aromatic heterocycles. The molecule has 0 spiro atoms. The standard InChI is InChI=1S/C4H12N2O.2C4H11N2.C3H8O.O.Ti/c5-1-2-6-3-4-7;2*1-2-6-4-3-5;1-3(2)4;;/h6-7H,1-5H2;2*6H,1-5H2;3-4H,1-2H3;;/q;2*-1;;;+2. The number of hydrogen-bond donors (Lipinski definition) is 8. The van der Waals surface area contributed by atoms with E-state index in [-0.39, 0.29) is 12.7 Å². The zero-order valence-corrected chi connectivity index (χ0v) is 17.7. The van der Waals surface area contributed by atoms with Gasteiger partial charge in [0.1, 0.15) is 0 Å². The molecule has 0 aliphatic rings. The quantitative estimate of drug-likeness (QED) is 0.112. The number of rotatable bonds is 10. The first kappa shape index (κ1) is 36.2. The molecule has 0 aliphatic carbocycles. The summed E-state index contributed by atoms with van der Waals surface area (Å²) < 4.78 is 8.25. The van der Waals surface area contributed by atoms with Crippen molar-refractivity contribution in [2.24, 2.45) is 17.2 Å².